The molecule has 150 valence electrons. The molecule has 0 aliphatic heterocycles. The third kappa shape index (κ3) is 4.48. The van der Waals surface area contributed by atoms with Crippen LogP contribution in [0.5, 0.6) is 0 Å². The van der Waals surface area contributed by atoms with Crippen molar-refractivity contribution in [3.05, 3.63) is 92.5 Å². The maximum absolute atomic E-state index is 13.3. The molecular weight excluding hydrogens is 375 g/mol. The number of carbonyl (C=O) groups excluding carboxylic acids is 1. The molecule has 29 heavy (non-hydrogen) atoms. The third-order valence-electron chi connectivity index (χ3n) is 4.52. The van der Waals surface area contributed by atoms with Gasteiger partial charge >= 0.3 is 5.69 Å². The predicted molar refractivity (Wildman–Crippen MR) is 107 cm³/mol. The molecular formula is C21H21FN4O3. The summed E-state index contributed by atoms with van der Waals surface area (Å²) in [5, 5.41) is 6.69. The fraction of sp³-hybridized carbons (Fsp3) is 0.238. The molecule has 0 radical (unpaired) electrons. The molecule has 1 atom stereocenters. The van der Waals surface area contributed by atoms with E-state index >= 15 is 0 Å². The zero-order valence-electron chi connectivity index (χ0n) is 16.1. The molecule has 1 amide bonds. The van der Waals surface area contributed by atoms with Gasteiger partial charge in [-0.05, 0) is 43.2 Å². The summed E-state index contributed by atoms with van der Waals surface area (Å²) in [6.45, 7) is 3.67. The Morgan fingerprint density at radius 1 is 1.10 bits per heavy atom. The number of carbonyl (C=O) groups is 1. The lowest BCUT2D eigenvalue weighted by Crippen LogP contribution is -2.47. The zero-order chi connectivity index (χ0) is 21.0. The second kappa shape index (κ2) is 8.64. The van der Waals surface area contributed by atoms with Gasteiger partial charge in [-0.15, -0.1) is 0 Å². The van der Waals surface area contributed by atoms with E-state index < -0.39 is 28.7 Å². The van der Waals surface area contributed by atoms with E-state index in [1.807, 2.05) is 13.0 Å². The van der Waals surface area contributed by atoms with Crippen LogP contribution in [-0.4, -0.2) is 26.3 Å². The highest BCUT2D eigenvalue weighted by atomic mass is 19.1. The Morgan fingerprint density at radius 2 is 1.76 bits per heavy atom. The standard InChI is InChI=1S/C21H21FN4O3/c1-3-14(2)23-19(27)18-20(28)25(13-15-7-5-4-6-8-15)21(29)26(24-18)17-11-9-16(22)10-12-17/h4-12,14H,3,13H2,1-2H3,(H,23,27)/t14-/m1/s1. The van der Waals surface area contributed by atoms with Crippen LogP contribution in [0.4, 0.5) is 4.39 Å². The number of nitrogens with zero attached hydrogens (tertiary/aromatic N) is 3. The number of aromatic nitrogens is 3. The summed E-state index contributed by atoms with van der Waals surface area (Å²) < 4.78 is 15.2. The highest BCUT2D eigenvalue weighted by Crippen LogP contribution is 2.06. The molecule has 7 nitrogen and oxygen atoms in total. The van der Waals surface area contributed by atoms with Crippen LogP contribution in [-0.2, 0) is 6.54 Å². The SMILES string of the molecule is CC[C@@H](C)NC(=O)c1nn(-c2ccc(F)cc2)c(=O)n(Cc2ccccc2)c1=O. The fourth-order valence-electron chi connectivity index (χ4n) is 2.71. The van der Waals surface area contributed by atoms with E-state index in [4.69, 9.17) is 0 Å². The number of nitrogens with one attached hydrogen (secondary N) is 1. The molecule has 0 saturated heterocycles. The number of benzene rings is 2. The van der Waals surface area contributed by atoms with Crippen molar-refractivity contribution in [1.82, 2.24) is 19.7 Å². The van der Waals surface area contributed by atoms with Crippen molar-refractivity contribution in [3.63, 3.8) is 0 Å². The van der Waals surface area contributed by atoms with Gasteiger partial charge in [0.15, 0.2) is 0 Å². The summed E-state index contributed by atoms with van der Waals surface area (Å²) in [6, 6.07) is 13.8. The van der Waals surface area contributed by atoms with Crippen molar-refractivity contribution in [3.8, 4) is 5.69 Å². The van der Waals surface area contributed by atoms with E-state index in [1.54, 1.807) is 31.2 Å². The highest BCUT2D eigenvalue weighted by Gasteiger charge is 2.21. The molecule has 2 aromatic carbocycles. The van der Waals surface area contributed by atoms with Crippen LogP contribution < -0.4 is 16.6 Å². The molecule has 0 aliphatic carbocycles. The lowest BCUT2D eigenvalue weighted by molar-refractivity contribution is 0.0929. The normalized spacial score (nSPS) is 11.8. The fourth-order valence-corrected chi connectivity index (χ4v) is 2.71. The molecule has 0 spiro atoms. The van der Waals surface area contributed by atoms with E-state index in [9.17, 15) is 18.8 Å². The van der Waals surface area contributed by atoms with Crippen LogP contribution in [0.25, 0.3) is 5.69 Å². The molecule has 0 aliphatic rings. The van der Waals surface area contributed by atoms with Crippen LogP contribution in [0.1, 0.15) is 36.3 Å². The summed E-state index contributed by atoms with van der Waals surface area (Å²) in [6.07, 6.45) is 0.668. The molecule has 0 bridgehead atoms. The average Bonchev–Trinajstić information content (AvgIpc) is 2.72. The summed E-state index contributed by atoms with van der Waals surface area (Å²) in [4.78, 5) is 38.5. The largest absolute Gasteiger partial charge is 0.352 e. The zero-order valence-corrected chi connectivity index (χ0v) is 16.1. The van der Waals surface area contributed by atoms with E-state index in [0.29, 0.717) is 6.42 Å². The van der Waals surface area contributed by atoms with E-state index in [2.05, 4.69) is 10.4 Å². The average molecular weight is 396 g/mol. The molecule has 8 heteroatoms. The highest BCUT2D eigenvalue weighted by molar-refractivity contribution is 5.91. The molecule has 3 rings (SSSR count). The van der Waals surface area contributed by atoms with Crippen molar-refractivity contribution >= 4 is 5.91 Å². The quantitative estimate of drug-likeness (QED) is 0.692. The van der Waals surface area contributed by atoms with Gasteiger partial charge in [-0.1, -0.05) is 37.3 Å². The smallest absolute Gasteiger partial charge is 0.348 e. The number of amides is 1. The Hall–Kier alpha value is -3.55. The first-order valence-corrected chi connectivity index (χ1v) is 9.25. The first kappa shape index (κ1) is 20.2. The van der Waals surface area contributed by atoms with Crippen molar-refractivity contribution in [2.75, 3.05) is 0 Å². The third-order valence-corrected chi connectivity index (χ3v) is 4.52. The van der Waals surface area contributed by atoms with E-state index in [1.165, 1.54) is 24.3 Å². The van der Waals surface area contributed by atoms with Crippen LogP contribution in [0.3, 0.4) is 0 Å². The van der Waals surface area contributed by atoms with Crippen LogP contribution >= 0.6 is 0 Å². The van der Waals surface area contributed by atoms with Gasteiger partial charge in [0.2, 0.25) is 5.69 Å². The molecule has 1 heterocycles. The Balaban J connectivity index is 2.18. The molecule has 0 saturated carbocycles. The molecule has 1 aromatic heterocycles. The topological polar surface area (TPSA) is 86.0 Å². The molecule has 0 unspecified atom stereocenters. The lowest BCUT2D eigenvalue weighted by atomic mass is 10.2. The van der Waals surface area contributed by atoms with Crippen molar-refractivity contribution in [2.24, 2.45) is 0 Å². The van der Waals surface area contributed by atoms with Crippen molar-refractivity contribution in [2.45, 2.75) is 32.9 Å². The number of hydrogen-bond acceptors (Lipinski definition) is 4. The first-order valence-electron chi connectivity index (χ1n) is 9.25. The maximum atomic E-state index is 13.3. The summed E-state index contributed by atoms with van der Waals surface area (Å²) in [5.74, 6) is -1.14. The number of hydrogen-bond donors (Lipinski definition) is 1. The number of rotatable bonds is 6. The maximum Gasteiger partial charge on any atom is 0.352 e. The minimum atomic E-state index is -0.780. The predicted octanol–water partition coefficient (Wildman–Crippen LogP) is 2.11. The van der Waals surface area contributed by atoms with Gasteiger partial charge in [-0.25, -0.2) is 9.18 Å². The van der Waals surface area contributed by atoms with Gasteiger partial charge in [0.25, 0.3) is 11.5 Å². The second-order valence-corrected chi connectivity index (χ2v) is 6.68. The minimum absolute atomic E-state index is 0.0220. The van der Waals surface area contributed by atoms with Crippen molar-refractivity contribution < 1.29 is 9.18 Å². The van der Waals surface area contributed by atoms with Gasteiger partial charge in [-0.2, -0.15) is 9.78 Å². The summed E-state index contributed by atoms with van der Waals surface area (Å²) in [5.41, 5.74) is -0.929. The van der Waals surface area contributed by atoms with Gasteiger partial charge in [0.1, 0.15) is 5.82 Å². The second-order valence-electron chi connectivity index (χ2n) is 6.68. The molecule has 1 N–H and O–H groups in total. The lowest BCUT2D eigenvalue weighted by Gasteiger charge is -2.14. The van der Waals surface area contributed by atoms with Gasteiger partial charge in [0, 0.05) is 6.04 Å². The van der Waals surface area contributed by atoms with Crippen LogP contribution in [0.15, 0.2) is 64.2 Å². The van der Waals surface area contributed by atoms with E-state index in [0.717, 1.165) is 14.8 Å². The molecule has 0 fully saturated rings. The van der Waals surface area contributed by atoms with Gasteiger partial charge in [0.05, 0.1) is 12.2 Å². The van der Waals surface area contributed by atoms with Gasteiger partial charge in [-0.3, -0.25) is 14.2 Å². The first-order chi connectivity index (χ1) is 13.9. The van der Waals surface area contributed by atoms with Crippen LogP contribution in [0.2, 0.25) is 0 Å². The monoisotopic (exact) mass is 396 g/mol. The number of halogens is 1. The molecule has 3 aromatic rings. The van der Waals surface area contributed by atoms with Crippen molar-refractivity contribution in [1.29, 1.82) is 0 Å². The Morgan fingerprint density at radius 3 is 2.38 bits per heavy atom. The Labute approximate surface area is 166 Å². The van der Waals surface area contributed by atoms with Gasteiger partial charge < -0.3 is 5.32 Å². The Bertz CT molecular complexity index is 1120. The summed E-state index contributed by atoms with van der Waals surface area (Å²) >= 11 is 0. The van der Waals surface area contributed by atoms with E-state index in [-0.39, 0.29) is 18.3 Å². The summed E-state index contributed by atoms with van der Waals surface area (Å²) in [7, 11) is 0. The Kier molecular flexibility index (Phi) is 6.01. The minimum Gasteiger partial charge on any atom is -0.348 e. The van der Waals surface area contributed by atoms with Crippen LogP contribution in [0, 0.1) is 5.82 Å².